The Morgan fingerprint density at radius 3 is 2.90 bits per heavy atom. The van der Waals surface area contributed by atoms with Crippen LogP contribution in [0.25, 0.3) is 0 Å². The summed E-state index contributed by atoms with van der Waals surface area (Å²) < 4.78 is 0.789. The van der Waals surface area contributed by atoms with Crippen LogP contribution in [0.2, 0.25) is 0 Å². The van der Waals surface area contributed by atoms with Gasteiger partial charge >= 0.3 is 0 Å². The summed E-state index contributed by atoms with van der Waals surface area (Å²) in [5.41, 5.74) is 7.83. The van der Waals surface area contributed by atoms with E-state index in [-0.39, 0.29) is 11.9 Å². The number of anilines is 1. The molecule has 0 fully saturated rings. The normalized spacial score (nSPS) is 12.2. The van der Waals surface area contributed by atoms with Crippen molar-refractivity contribution in [1.29, 1.82) is 0 Å². The lowest BCUT2D eigenvalue weighted by Gasteiger charge is -2.16. The van der Waals surface area contributed by atoms with Crippen LogP contribution < -0.4 is 11.1 Å². The Hall–Kier alpha value is -1.82. The van der Waals surface area contributed by atoms with Gasteiger partial charge in [-0.25, -0.2) is 4.98 Å². The van der Waals surface area contributed by atoms with E-state index >= 15 is 0 Å². The maximum Gasteiger partial charge on any atom is 0.252 e. The van der Waals surface area contributed by atoms with Gasteiger partial charge in [0.1, 0.15) is 5.82 Å². The van der Waals surface area contributed by atoms with Crippen LogP contribution in [0, 0.1) is 6.92 Å². The van der Waals surface area contributed by atoms with Crippen molar-refractivity contribution in [1.82, 2.24) is 15.3 Å². The van der Waals surface area contributed by atoms with E-state index in [9.17, 15) is 4.79 Å². The molecule has 0 radical (unpaired) electrons. The van der Waals surface area contributed by atoms with Crippen molar-refractivity contribution >= 4 is 27.5 Å². The van der Waals surface area contributed by atoms with Crippen LogP contribution in [-0.2, 0) is 0 Å². The predicted octanol–water partition coefficient (Wildman–Crippen LogP) is 2.94. The number of hydrogen-bond acceptors (Lipinski definition) is 3. The van der Waals surface area contributed by atoms with Gasteiger partial charge < -0.3 is 16.0 Å². The molecular formula is C14H17BrN4O. The van der Waals surface area contributed by atoms with Crippen LogP contribution in [-0.4, -0.2) is 15.9 Å². The molecule has 2 aromatic rings. The number of rotatable bonds is 4. The third-order valence-corrected chi connectivity index (χ3v) is 3.68. The lowest BCUT2D eigenvalue weighted by molar-refractivity contribution is 0.0933. The molecule has 1 aromatic carbocycles. The molecule has 106 valence electrons. The molecule has 4 N–H and O–H groups in total. The molecule has 0 aliphatic carbocycles. The van der Waals surface area contributed by atoms with Crippen molar-refractivity contribution in [3.63, 3.8) is 0 Å². The van der Waals surface area contributed by atoms with E-state index < -0.39 is 0 Å². The molecule has 1 amide bonds. The number of hydrogen-bond donors (Lipinski definition) is 3. The summed E-state index contributed by atoms with van der Waals surface area (Å²) in [6.07, 6.45) is 4.17. The van der Waals surface area contributed by atoms with Crippen molar-refractivity contribution in [2.75, 3.05) is 5.73 Å². The van der Waals surface area contributed by atoms with E-state index in [4.69, 9.17) is 5.73 Å². The van der Waals surface area contributed by atoms with E-state index in [2.05, 4.69) is 31.2 Å². The molecule has 1 heterocycles. The van der Waals surface area contributed by atoms with Gasteiger partial charge in [0.2, 0.25) is 0 Å². The van der Waals surface area contributed by atoms with E-state index in [1.807, 2.05) is 13.8 Å². The van der Waals surface area contributed by atoms with E-state index in [1.165, 1.54) is 0 Å². The number of imidazole rings is 1. The molecule has 0 bridgehead atoms. The lowest BCUT2D eigenvalue weighted by atomic mass is 10.1. The average Bonchev–Trinajstić information content (AvgIpc) is 2.93. The Balaban J connectivity index is 2.24. The molecule has 0 aliphatic rings. The zero-order valence-electron chi connectivity index (χ0n) is 11.4. The summed E-state index contributed by atoms with van der Waals surface area (Å²) in [5.74, 6) is 0.597. The fraction of sp³-hybridized carbons (Fsp3) is 0.286. The first-order chi connectivity index (χ1) is 9.52. The molecule has 2 rings (SSSR count). The minimum absolute atomic E-state index is 0.142. The number of amides is 1. The van der Waals surface area contributed by atoms with Crippen molar-refractivity contribution in [2.45, 2.75) is 26.3 Å². The van der Waals surface area contributed by atoms with Gasteiger partial charge in [-0.15, -0.1) is 0 Å². The maximum atomic E-state index is 12.4. The third-order valence-electron chi connectivity index (χ3n) is 3.22. The first-order valence-electron chi connectivity index (χ1n) is 6.38. The highest BCUT2D eigenvalue weighted by molar-refractivity contribution is 9.10. The Bertz CT molecular complexity index is 610. The number of carbonyl (C=O) groups is 1. The van der Waals surface area contributed by atoms with E-state index in [1.54, 1.807) is 24.5 Å². The van der Waals surface area contributed by atoms with Crippen LogP contribution in [0.5, 0.6) is 0 Å². The molecule has 0 spiro atoms. The SMILES string of the molecule is CCC(NC(=O)c1cc(Br)cc(N)c1C)c1ncc[nH]1. The Morgan fingerprint density at radius 1 is 1.55 bits per heavy atom. The van der Waals surface area contributed by atoms with E-state index in [0.29, 0.717) is 11.3 Å². The highest BCUT2D eigenvalue weighted by Crippen LogP contribution is 2.23. The van der Waals surface area contributed by atoms with Gasteiger partial charge in [0, 0.05) is 28.1 Å². The van der Waals surface area contributed by atoms with Crippen molar-refractivity contribution in [2.24, 2.45) is 0 Å². The van der Waals surface area contributed by atoms with Crippen LogP contribution >= 0.6 is 15.9 Å². The number of halogens is 1. The molecular weight excluding hydrogens is 320 g/mol. The van der Waals surface area contributed by atoms with Gasteiger partial charge in [0.15, 0.2) is 0 Å². The molecule has 20 heavy (non-hydrogen) atoms. The number of aromatic nitrogens is 2. The summed E-state index contributed by atoms with van der Waals surface area (Å²) >= 11 is 3.36. The second-order valence-electron chi connectivity index (χ2n) is 4.58. The van der Waals surface area contributed by atoms with Gasteiger partial charge in [-0.3, -0.25) is 4.79 Å². The highest BCUT2D eigenvalue weighted by Gasteiger charge is 2.18. The van der Waals surface area contributed by atoms with Gasteiger partial charge in [0.05, 0.1) is 6.04 Å². The van der Waals surface area contributed by atoms with Crippen molar-refractivity contribution in [3.8, 4) is 0 Å². The molecule has 1 unspecified atom stereocenters. The Kier molecular flexibility index (Phi) is 4.44. The average molecular weight is 337 g/mol. The van der Waals surface area contributed by atoms with Crippen LogP contribution in [0.1, 0.15) is 41.1 Å². The van der Waals surface area contributed by atoms with Crippen molar-refractivity contribution < 1.29 is 4.79 Å². The predicted molar refractivity (Wildman–Crippen MR) is 82.4 cm³/mol. The Morgan fingerprint density at radius 2 is 2.30 bits per heavy atom. The maximum absolute atomic E-state index is 12.4. The molecule has 0 saturated heterocycles. The zero-order valence-corrected chi connectivity index (χ0v) is 13.0. The van der Waals surface area contributed by atoms with Gasteiger partial charge in [0.25, 0.3) is 5.91 Å². The summed E-state index contributed by atoms with van der Waals surface area (Å²) in [4.78, 5) is 19.6. The number of nitrogens with one attached hydrogen (secondary N) is 2. The fourth-order valence-corrected chi connectivity index (χ4v) is 2.48. The highest BCUT2D eigenvalue weighted by atomic mass is 79.9. The number of nitrogens with zero attached hydrogens (tertiary/aromatic N) is 1. The number of benzene rings is 1. The minimum atomic E-state index is -0.154. The Labute approximate surface area is 126 Å². The summed E-state index contributed by atoms with van der Waals surface area (Å²) in [5, 5.41) is 2.97. The summed E-state index contributed by atoms with van der Waals surface area (Å²) in [7, 11) is 0. The largest absolute Gasteiger partial charge is 0.398 e. The molecule has 1 atom stereocenters. The first kappa shape index (κ1) is 14.6. The second-order valence-corrected chi connectivity index (χ2v) is 5.49. The third kappa shape index (κ3) is 3.01. The molecule has 1 aromatic heterocycles. The quantitative estimate of drug-likeness (QED) is 0.750. The van der Waals surface area contributed by atoms with Gasteiger partial charge in [-0.1, -0.05) is 22.9 Å². The van der Waals surface area contributed by atoms with Crippen LogP contribution in [0.4, 0.5) is 5.69 Å². The zero-order chi connectivity index (χ0) is 14.7. The fourth-order valence-electron chi connectivity index (χ4n) is 2.00. The standard InChI is InChI=1S/C14H17BrN4O/c1-3-12(13-17-4-5-18-13)19-14(20)10-6-9(15)7-11(16)8(10)2/h4-7,12H,3,16H2,1-2H3,(H,17,18)(H,19,20). The number of aromatic amines is 1. The van der Waals surface area contributed by atoms with Crippen LogP contribution in [0.15, 0.2) is 29.0 Å². The van der Waals surface area contributed by atoms with Gasteiger partial charge in [-0.05, 0) is 31.0 Å². The number of carbonyl (C=O) groups excluding carboxylic acids is 1. The summed E-state index contributed by atoms with van der Waals surface area (Å²) in [6, 6.07) is 3.42. The monoisotopic (exact) mass is 336 g/mol. The molecule has 0 saturated carbocycles. The van der Waals surface area contributed by atoms with Crippen LogP contribution in [0.3, 0.4) is 0 Å². The topological polar surface area (TPSA) is 83.8 Å². The number of nitrogen functional groups attached to an aromatic ring is 1. The van der Waals surface area contributed by atoms with Gasteiger partial charge in [-0.2, -0.15) is 0 Å². The molecule has 6 heteroatoms. The second kappa shape index (κ2) is 6.09. The number of H-pyrrole nitrogens is 1. The first-order valence-corrected chi connectivity index (χ1v) is 7.18. The van der Waals surface area contributed by atoms with E-state index in [0.717, 1.165) is 22.3 Å². The molecule has 0 aliphatic heterocycles. The number of nitrogens with two attached hydrogens (primary N) is 1. The smallest absolute Gasteiger partial charge is 0.252 e. The summed E-state index contributed by atoms with van der Waals surface area (Å²) in [6.45, 7) is 3.83. The van der Waals surface area contributed by atoms with Crippen molar-refractivity contribution in [3.05, 3.63) is 46.0 Å². The molecule has 5 nitrogen and oxygen atoms in total. The lowest BCUT2D eigenvalue weighted by Crippen LogP contribution is -2.29. The minimum Gasteiger partial charge on any atom is -0.398 e.